The van der Waals surface area contributed by atoms with Crippen LogP contribution in [0.2, 0.25) is 0 Å². The normalized spacial score (nSPS) is 11.5. The number of hydrogen-bond donors (Lipinski definition) is 0. The Kier molecular flexibility index (Phi) is 8.10. The second-order valence-corrected chi connectivity index (χ2v) is 8.88. The fourth-order valence-electron chi connectivity index (χ4n) is 3.27. The van der Waals surface area contributed by atoms with Gasteiger partial charge in [-0.25, -0.2) is 9.55 Å². The van der Waals surface area contributed by atoms with E-state index < -0.39 is 15.0 Å². The van der Waals surface area contributed by atoms with Crippen molar-refractivity contribution in [2.45, 2.75) is 18.4 Å². The van der Waals surface area contributed by atoms with Crippen LogP contribution in [0.15, 0.2) is 47.5 Å². The summed E-state index contributed by atoms with van der Waals surface area (Å²) in [6, 6.07) is 9.60. The third-order valence-electron chi connectivity index (χ3n) is 5.03. The van der Waals surface area contributed by atoms with Crippen molar-refractivity contribution in [1.82, 2.24) is 9.55 Å². The van der Waals surface area contributed by atoms with Crippen LogP contribution in [0.5, 0.6) is 17.2 Å². The molecule has 1 heterocycles. The van der Waals surface area contributed by atoms with Gasteiger partial charge < -0.3 is 24.3 Å². The molecule has 0 aliphatic heterocycles. The standard InChI is InChI=1S/C23H25N3O8S/c1-16-5-8-18(9-6-16)35(29,30)34-12-11-25-21(24-15-22(25)26(27)28)10-7-17-13-19(31-2)23(33-4)20(14-17)32-3/h5-10,13-15H,11-12H2,1-4H3/b10-7+. The van der Waals surface area contributed by atoms with Gasteiger partial charge in [0.15, 0.2) is 11.5 Å². The summed E-state index contributed by atoms with van der Waals surface area (Å²) in [7, 11) is 0.461. The highest BCUT2D eigenvalue weighted by molar-refractivity contribution is 7.86. The van der Waals surface area contributed by atoms with Gasteiger partial charge in [-0.05, 0) is 47.8 Å². The minimum Gasteiger partial charge on any atom is -0.493 e. The first kappa shape index (κ1) is 25.7. The van der Waals surface area contributed by atoms with E-state index in [0.29, 0.717) is 22.8 Å². The van der Waals surface area contributed by atoms with Crippen LogP contribution in [0.3, 0.4) is 0 Å². The van der Waals surface area contributed by atoms with Gasteiger partial charge in [-0.15, -0.1) is 0 Å². The number of aromatic nitrogens is 2. The number of benzene rings is 2. The molecule has 11 nitrogen and oxygen atoms in total. The maximum atomic E-state index is 12.4. The van der Waals surface area contributed by atoms with Gasteiger partial charge in [-0.3, -0.25) is 4.18 Å². The van der Waals surface area contributed by atoms with E-state index in [2.05, 4.69) is 4.98 Å². The zero-order valence-corrected chi connectivity index (χ0v) is 20.4. The SMILES string of the molecule is COc1cc(/C=C/c2ncc([N+](=O)[O-])n2CCOS(=O)(=O)c2ccc(C)cc2)cc(OC)c1OC. The van der Waals surface area contributed by atoms with Crippen LogP contribution < -0.4 is 14.2 Å². The van der Waals surface area contributed by atoms with E-state index >= 15 is 0 Å². The predicted octanol–water partition coefficient (Wildman–Crippen LogP) is 3.70. The average Bonchev–Trinajstić information content (AvgIpc) is 3.25. The topological polar surface area (TPSA) is 132 Å². The highest BCUT2D eigenvalue weighted by Gasteiger charge is 2.21. The zero-order chi connectivity index (χ0) is 25.6. The van der Waals surface area contributed by atoms with Crippen molar-refractivity contribution in [2.75, 3.05) is 27.9 Å². The Bertz CT molecular complexity index is 1310. The Hall–Kier alpha value is -3.90. The molecule has 1 aromatic heterocycles. The lowest BCUT2D eigenvalue weighted by Crippen LogP contribution is -2.14. The van der Waals surface area contributed by atoms with Crippen LogP contribution in [0.4, 0.5) is 5.82 Å². The smallest absolute Gasteiger partial charge is 0.343 e. The third-order valence-corrected chi connectivity index (χ3v) is 6.35. The Morgan fingerprint density at radius 2 is 1.66 bits per heavy atom. The molecule has 0 aliphatic carbocycles. The Morgan fingerprint density at radius 1 is 1.03 bits per heavy atom. The van der Waals surface area contributed by atoms with E-state index in [-0.39, 0.29) is 29.7 Å². The Labute approximate surface area is 202 Å². The molecule has 0 amide bonds. The first-order valence-corrected chi connectivity index (χ1v) is 11.7. The van der Waals surface area contributed by atoms with Crippen LogP contribution in [0.25, 0.3) is 12.2 Å². The summed E-state index contributed by atoms with van der Waals surface area (Å²) < 4.78 is 47.2. The lowest BCUT2D eigenvalue weighted by molar-refractivity contribution is -0.392. The molecule has 0 saturated carbocycles. The molecule has 3 rings (SSSR count). The van der Waals surface area contributed by atoms with Crippen molar-refractivity contribution >= 4 is 28.1 Å². The summed E-state index contributed by atoms with van der Waals surface area (Å²) in [6.45, 7) is 1.40. The van der Waals surface area contributed by atoms with Crippen LogP contribution >= 0.6 is 0 Å². The summed E-state index contributed by atoms with van der Waals surface area (Å²) >= 11 is 0. The van der Waals surface area contributed by atoms with Crippen LogP contribution in [0, 0.1) is 17.0 Å². The van der Waals surface area contributed by atoms with E-state index in [4.69, 9.17) is 18.4 Å². The minimum atomic E-state index is -4.01. The molecule has 0 saturated heterocycles. The highest BCUT2D eigenvalue weighted by Crippen LogP contribution is 2.38. The molecule has 2 aromatic carbocycles. The number of ether oxygens (including phenoxy) is 3. The van der Waals surface area contributed by atoms with E-state index in [1.54, 1.807) is 36.4 Å². The summed E-state index contributed by atoms with van der Waals surface area (Å²) in [6.07, 6.45) is 4.32. The molecule has 0 spiro atoms. The van der Waals surface area contributed by atoms with Crippen molar-refractivity contribution in [3.05, 3.63) is 69.7 Å². The quantitative estimate of drug-likeness (QED) is 0.218. The fraction of sp³-hybridized carbons (Fsp3) is 0.261. The first-order chi connectivity index (χ1) is 16.7. The Balaban J connectivity index is 1.83. The van der Waals surface area contributed by atoms with E-state index in [0.717, 1.165) is 11.8 Å². The molecule has 35 heavy (non-hydrogen) atoms. The van der Waals surface area contributed by atoms with Crippen LogP contribution in [0.1, 0.15) is 17.0 Å². The molecule has 0 atom stereocenters. The molecular formula is C23H25N3O8S. The number of nitrogens with zero attached hydrogens (tertiary/aromatic N) is 3. The van der Waals surface area contributed by atoms with Gasteiger partial charge in [-0.1, -0.05) is 17.7 Å². The molecule has 12 heteroatoms. The molecule has 0 fully saturated rings. The van der Waals surface area contributed by atoms with Crippen LogP contribution in [-0.4, -0.2) is 50.8 Å². The Morgan fingerprint density at radius 3 is 2.20 bits per heavy atom. The van der Waals surface area contributed by atoms with E-state index in [1.807, 2.05) is 6.92 Å². The number of imidazole rings is 1. The maximum Gasteiger partial charge on any atom is 0.343 e. The molecule has 0 radical (unpaired) electrons. The average molecular weight is 504 g/mol. The zero-order valence-electron chi connectivity index (χ0n) is 19.6. The predicted molar refractivity (Wildman–Crippen MR) is 128 cm³/mol. The van der Waals surface area contributed by atoms with Gasteiger partial charge in [0.05, 0.1) is 26.2 Å². The second-order valence-electron chi connectivity index (χ2n) is 7.26. The number of methoxy groups -OCH3 is 3. The van der Waals surface area contributed by atoms with Gasteiger partial charge in [0.1, 0.15) is 19.3 Å². The molecule has 0 aliphatic rings. The number of nitro groups is 1. The molecule has 0 unspecified atom stereocenters. The first-order valence-electron chi connectivity index (χ1n) is 10.3. The number of aryl methyl sites for hydroxylation is 1. The van der Waals surface area contributed by atoms with Crippen molar-refractivity contribution in [1.29, 1.82) is 0 Å². The van der Waals surface area contributed by atoms with Crippen molar-refractivity contribution in [2.24, 2.45) is 0 Å². The van der Waals surface area contributed by atoms with Gasteiger partial charge in [0.25, 0.3) is 10.1 Å². The van der Waals surface area contributed by atoms with Crippen LogP contribution in [-0.2, 0) is 20.8 Å². The lowest BCUT2D eigenvalue weighted by Gasteiger charge is -2.12. The van der Waals surface area contributed by atoms with Gasteiger partial charge in [0, 0.05) is 6.08 Å². The van der Waals surface area contributed by atoms with Crippen molar-refractivity contribution < 1.29 is 31.7 Å². The fourth-order valence-corrected chi connectivity index (χ4v) is 4.17. The molecule has 186 valence electrons. The summed E-state index contributed by atoms with van der Waals surface area (Å²) in [4.78, 5) is 15.0. The summed E-state index contributed by atoms with van der Waals surface area (Å²) in [5.74, 6) is 1.25. The van der Waals surface area contributed by atoms with Gasteiger partial charge >= 0.3 is 5.82 Å². The van der Waals surface area contributed by atoms with E-state index in [1.165, 1.54) is 38.0 Å². The highest BCUT2D eigenvalue weighted by atomic mass is 32.2. The summed E-state index contributed by atoms with van der Waals surface area (Å²) in [5.41, 5.74) is 1.57. The largest absolute Gasteiger partial charge is 0.493 e. The summed E-state index contributed by atoms with van der Waals surface area (Å²) in [5, 5.41) is 11.5. The molecular weight excluding hydrogens is 478 g/mol. The van der Waals surface area contributed by atoms with Crippen molar-refractivity contribution in [3.63, 3.8) is 0 Å². The molecule has 0 bridgehead atoms. The second kappa shape index (κ2) is 11.0. The van der Waals surface area contributed by atoms with Crippen molar-refractivity contribution in [3.8, 4) is 17.2 Å². The van der Waals surface area contributed by atoms with Gasteiger partial charge in [0.2, 0.25) is 11.6 Å². The monoisotopic (exact) mass is 503 g/mol. The number of rotatable bonds is 11. The lowest BCUT2D eigenvalue weighted by atomic mass is 10.1. The third kappa shape index (κ3) is 5.97. The maximum absolute atomic E-state index is 12.4. The van der Waals surface area contributed by atoms with Gasteiger partial charge in [-0.2, -0.15) is 8.42 Å². The minimum absolute atomic E-state index is 0.00532. The number of hydrogen-bond acceptors (Lipinski definition) is 9. The molecule has 3 aromatic rings. The molecule has 0 N–H and O–H groups in total. The van der Waals surface area contributed by atoms with E-state index in [9.17, 15) is 18.5 Å².